The molecule has 3 aromatic rings. The molecule has 13 heteroatoms. The SMILES string of the molecule is N[C@H]1CCCN(c2c(NC(=O)c3ccc(F)c(-c4c(F)cc(CS(=O)O)cc4F)n3)cnc3c2CC[C@@H]3O)C1. The van der Waals surface area contributed by atoms with E-state index in [0.717, 1.165) is 42.7 Å². The summed E-state index contributed by atoms with van der Waals surface area (Å²) in [6.07, 6.45) is 3.50. The highest BCUT2D eigenvalue weighted by Gasteiger charge is 2.31. The molecule has 1 aliphatic carbocycles. The van der Waals surface area contributed by atoms with Gasteiger partial charge < -0.3 is 25.6 Å². The second-order valence-electron chi connectivity index (χ2n) is 9.67. The maximum atomic E-state index is 14.8. The molecule has 0 radical (unpaired) electrons. The summed E-state index contributed by atoms with van der Waals surface area (Å²) in [4.78, 5) is 23.6. The molecular formula is C26H26F3N5O4S. The largest absolute Gasteiger partial charge is 0.387 e. The maximum Gasteiger partial charge on any atom is 0.274 e. The molecule has 1 aliphatic heterocycles. The number of aromatic nitrogens is 2. The molecule has 1 amide bonds. The number of aliphatic hydroxyl groups excluding tert-OH is 1. The van der Waals surface area contributed by atoms with Crippen LogP contribution >= 0.6 is 0 Å². The number of halogens is 3. The van der Waals surface area contributed by atoms with Gasteiger partial charge in [0.15, 0.2) is 11.1 Å². The number of benzene rings is 1. The zero-order valence-electron chi connectivity index (χ0n) is 20.7. The molecule has 39 heavy (non-hydrogen) atoms. The Hall–Kier alpha value is -3.39. The van der Waals surface area contributed by atoms with Crippen molar-refractivity contribution in [3.63, 3.8) is 0 Å². The van der Waals surface area contributed by atoms with Crippen LogP contribution in [0.25, 0.3) is 11.3 Å². The number of carbonyl (C=O) groups is 1. The van der Waals surface area contributed by atoms with Crippen molar-refractivity contribution in [2.24, 2.45) is 5.73 Å². The average Bonchev–Trinajstić information content (AvgIpc) is 3.24. The summed E-state index contributed by atoms with van der Waals surface area (Å²) in [7, 11) is 0. The molecule has 1 fully saturated rings. The summed E-state index contributed by atoms with van der Waals surface area (Å²) in [5, 5.41) is 13.1. The number of pyridine rings is 2. The van der Waals surface area contributed by atoms with Gasteiger partial charge >= 0.3 is 0 Å². The number of hydrogen-bond acceptors (Lipinski definition) is 7. The second kappa shape index (κ2) is 11.0. The molecule has 5 rings (SSSR count). The summed E-state index contributed by atoms with van der Waals surface area (Å²) in [5.74, 6) is -4.71. The number of piperidine rings is 1. The van der Waals surface area contributed by atoms with Crippen LogP contribution < -0.4 is 16.0 Å². The van der Waals surface area contributed by atoms with Crippen LogP contribution in [0.4, 0.5) is 24.5 Å². The first-order valence-corrected chi connectivity index (χ1v) is 13.6. The molecule has 1 unspecified atom stereocenters. The Balaban J connectivity index is 1.49. The van der Waals surface area contributed by atoms with Crippen molar-refractivity contribution in [2.75, 3.05) is 23.3 Å². The summed E-state index contributed by atoms with van der Waals surface area (Å²) >= 11 is -2.33. The number of nitrogens with one attached hydrogen (secondary N) is 1. The van der Waals surface area contributed by atoms with Crippen LogP contribution in [0.15, 0.2) is 30.5 Å². The normalized spacial score (nSPS) is 19.6. The number of anilines is 2. The van der Waals surface area contributed by atoms with E-state index < -0.39 is 57.6 Å². The van der Waals surface area contributed by atoms with Gasteiger partial charge in [-0.1, -0.05) is 0 Å². The van der Waals surface area contributed by atoms with E-state index in [9.17, 15) is 27.3 Å². The van der Waals surface area contributed by atoms with Crippen LogP contribution in [0.2, 0.25) is 0 Å². The summed E-state index contributed by atoms with van der Waals surface area (Å²) in [6, 6.07) is 3.55. The van der Waals surface area contributed by atoms with Gasteiger partial charge in [0.25, 0.3) is 5.91 Å². The van der Waals surface area contributed by atoms with E-state index >= 15 is 0 Å². The van der Waals surface area contributed by atoms with Gasteiger partial charge in [0.1, 0.15) is 28.8 Å². The molecular weight excluding hydrogens is 535 g/mol. The average molecular weight is 562 g/mol. The standard InChI is InChI=1S/C26H26F3N5O4S/c27-16-4-5-19(32-24(16)22-17(28)8-13(9-18(22)29)12-39(37)38)26(36)33-20-10-31-23-15(3-6-21(23)35)25(20)34-7-1-2-14(30)11-34/h4-5,8-10,14,21,35H,1-3,6-7,11-12,30H2,(H,33,36)(H,37,38)/t14-,21-/m0/s1. The molecule has 3 atom stereocenters. The number of carbonyl (C=O) groups excluding carboxylic acids is 1. The lowest BCUT2D eigenvalue weighted by Crippen LogP contribution is -2.43. The molecule has 5 N–H and O–H groups in total. The fourth-order valence-electron chi connectivity index (χ4n) is 5.18. The number of aliphatic hydroxyl groups is 1. The van der Waals surface area contributed by atoms with E-state index in [-0.39, 0.29) is 17.3 Å². The predicted octanol–water partition coefficient (Wildman–Crippen LogP) is 3.44. The van der Waals surface area contributed by atoms with Gasteiger partial charge in [-0.2, -0.15) is 0 Å². The Bertz CT molecular complexity index is 1450. The first-order chi connectivity index (χ1) is 18.6. The van der Waals surface area contributed by atoms with Gasteiger partial charge in [-0.05, 0) is 55.5 Å². The lowest BCUT2D eigenvalue weighted by Gasteiger charge is -2.35. The molecule has 9 nitrogen and oxygen atoms in total. The highest BCUT2D eigenvalue weighted by atomic mass is 32.2. The minimum atomic E-state index is -2.33. The highest BCUT2D eigenvalue weighted by molar-refractivity contribution is 7.78. The lowest BCUT2D eigenvalue weighted by molar-refractivity contribution is 0.102. The first-order valence-electron chi connectivity index (χ1n) is 12.4. The summed E-state index contributed by atoms with van der Waals surface area (Å²) in [5.41, 5.74) is 6.70. The highest BCUT2D eigenvalue weighted by Crippen LogP contribution is 2.41. The number of amides is 1. The number of fused-ring (bicyclic) bond motifs is 1. The van der Waals surface area contributed by atoms with Gasteiger partial charge in [0, 0.05) is 24.7 Å². The number of nitrogens with zero attached hydrogens (tertiary/aromatic N) is 3. The minimum Gasteiger partial charge on any atom is -0.387 e. The van der Waals surface area contributed by atoms with Gasteiger partial charge in [-0.3, -0.25) is 9.78 Å². The molecule has 1 aromatic carbocycles. The van der Waals surface area contributed by atoms with Crippen LogP contribution in [0.5, 0.6) is 0 Å². The molecule has 0 saturated carbocycles. The van der Waals surface area contributed by atoms with E-state index in [1.807, 2.05) is 0 Å². The number of hydrogen-bond donors (Lipinski definition) is 4. The molecule has 2 aromatic heterocycles. The Morgan fingerprint density at radius 2 is 1.92 bits per heavy atom. The first kappa shape index (κ1) is 27.2. The minimum absolute atomic E-state index is 0.0627. The third-order valence-electron chi connectivity index (χ3n) is 6.90. The van der Waals surface area contributed by atoms with E-state index in [2.05, 4.69) is 20.2 Å². The van der Waals surface area contributed by atoms with E-state index in [4.69, 9.17) is 10.3 Å². The topological polar surface area (TPSA) is 142 Å². The number of rotatable bonds is 6. The Labute approximate surface area is 224 Å². The quantitative estimate of drug-likeness (QED) is 0.336. The Morgan fingerprint density at radius 3 is 2.62 bits per heavy atom. The van der Waals surface area contributed by atoms with Crippen molar-refractivity contribution in [3.05, 3.63) is 70.4 Å². The molecule has 2 aliphatic rings. The van der Waals surface area contributed by atoms with Gasteiger partial charge in [-0.15, -0.1) is 0 Å². The van der Waals surface area contributed by atoms with E-state index in [1.165, 1.54) is 6.20 Å². The summed E-state index contributed by atoms with van der Waals surface area (Å²) < 4.78 is 64.3. The Morgan fingerprint density at radius 1 is 1.18 bits per heavy atom. The van der Waals surface area contributed by atoms with Crippen molar-refractivity contribution < 1.29 is 31.8 Å². The van der Waals surface area contributed by atoms with Crippen LogP contribution in [0, 0.1) is 17.5 Å². The van der Waals surface area contributed by atoms with Crippen LogP contribution in [0.3, 0.4) is 0 Å². The van der Waals surface area contributed by atoms with Gasteiger partial charge in [0.05, 0.1) is 40.7 Å². The predicted molar refractivity (Wildman–Crippen MR) is 139 cm³/mol. The molecule has 0 spiro atoms. The zero-order chi connectivity index (χ0) is 27.8. The fourth-order valence-corrected chi connectivity index (χ4v) is 5.63. The van der Waals surface area contributed by atoms with Crippen LogP contribution in [-0.4, -0.2) is 48.9 Å². The zero-order valence-corrected chi connectivity index (χ0v) is 21.5. The van der Waals surface area contributed by atoms with E-state index in [1.54, 1.807) is 0 Å². The van der Waals surface area contributed by atoms with Gasteiger partial charge in [0.2, 0.25) is 0 Å². The van der Waals surface area contributed by atoms with Crippen LogP contribution in [0.1, 0.15) is 52.7 Å². The Kier molecular flexibility index (Phi) is 7.67. The smallest absolute Gasteiger partial charge is 0.274 e. The van der Waals surface area contributed by atoms with Crippen molar-refractivity contribution in [1.29, 1.82) is 0 Å². The third kappa shape index (κ3) is 5.53. The van der Waals surface area contributed by atoms with Crippen LogP contribution in [-0.2, 0) is 23.3 Å². The molecule has 3 heterocycles. The van der Waals surface area contributed by atoms with Crippen molar-refractivity contribution in [2.45, 2.75) is 43.6 Å². The molecule has 1 saturated heterocycles. The summed E-state index contributed by atoms with van der Waals surface area (Å²) in [6.45, 7) is 1.24. The third-order valence-corrected chi connectivity index (χ3v) is 7.48. The monoisotopic (exact) mass is 561 g/mol. The van der Waals surface area contributed by atoms with Crippen molar-refractivity contribution in [3.8, 4) is 11.3 Å². The molecule has 206 valence electrons. The second-order valence-corrected chi connectivity index (χ2v) is 10.6. The maximum absolute atomic E-state index is 14.8. The van der Waals surface area contributed by atoms with E-state index in [0.29, 0.717) is 43.0 Å². The van der Waals surface area contributed by atoms with Gasteiger partial charge in [-0.25, -0.2) is 22.4 Å². The van der Waals surface area contributed by atoms with Crippen molar-refractivity contribution in [1.82, 2.24) is 9.97 Å². The molecule has 0 bridgehead atoms. The fraction of sp³-hybridized carbons (Fsp3) is 0.346. The number of nitrogens with two attached hydrogens (primary N) is 1. The van der Waals surface area contributed by atoms with Crippen molar-refractivity contribution >= 4 is 28.4 Å². The lowest BCUT2D eigenvalue weighted by atomic mass is 10.0.